The van der Waals surface area contributed by atoms with Gasteiger partial charge in [-0.05, 0) is 41.6 Å². The molecule has 0 radical (unpaired) electrons. The number of nitrogens with zero attached hydrogens (tertiary/aromatic N) is 2. The van der Waals surface area contributed by atoms with Gasteiger partial charge in [-0.3, -0.25) is 4.98 Å². The highest BCUT2D eigenvalue weighted by atomic mass is 32.1. The van der Waals surface area contributed by atoms with Crippen LogP contribution in [0.15, 0.2) is 40.5 Å². The van der Waals surface area contributed by atoms with Crippen molar-refractivity contribution < 1.29 is 4.52 Å². The molecule has 0 amide bonds. The second kappa shape index (κ2) is 4.27. The molecule has 0 aliphatic rings. The maximum Gasteiger partial charge on any atom is 0.187 e. The molecule has 2 N–H and O–H groups in total. The van der Waals surface area contributed by atoms with Crippen LogP contribution in [0.3, 0.4) is 0 Å². The molecule has 0 aromatic carbocycles. The van der Waals surface area contributed by atoms with Crippen LogP contribution in [0, 0.1) is 6.92 Å². The summed E-state index contributed by atoms with van der Waals surface area (Å²) in [7, 11) is 0. The summed E-state index contributed by atoms with van der Waals surface area (Å²) in [6.07, 6.45) is 3.46. The topological polar surface area (TPSA) is 64.9 Å². The van der Waals surface area contributed by atoms with Gasteiger partial charge in [0, 0.05) is 12.4 Å². The Kier molecular flexibility index (Phi) is 2.60. The number of thiophene rings is 1. The van der Waals surface area contributed by atoms with Crippen LogP contribution in [0.1, 0.15) is 5.56 Å². The minimum Gasteiger partial charge on any atom is -0.380 e. The Balaban J connectivity index is 2.22. The van der Waals surface area contributed by atoms with Gasteiger partial charge >= 0.3 is 0 Å². The van der Waals surface area contributed by atoms with Gasteiger partial charge in [-0.15, -0.1) is 11.3 Å². The Hall–Kier alpha value is -2.14. The second-order valence-corrected chi connectivity index (χ2v) is 4.86. The zero-order chi connectivity index (χ0) is 12.5. The Morgan fingerprint density at radius 2 is 2.00 bits per heavy atom. The SMILES string of the molecule is Cc1ccsc1-c1onc(N)c1-c1ccncc1. The monoisotopic (exact) mass is 257 g/mol. The fraction of sp³-hybridized carbons (Fsp3) is 0.0769. The molecule has 0 atom stereocenters. The second-order valence-electron chi connectivity index (χ2n) is 3.94. The Morgan fingerprint density at radius 1 is 1.22 bits per heavy atom. The summed E-state index contributed by atoms with van der Waals surface area (Å²) in [6.45, 7) is 2.04. The van der Waals surface area contributed by atoms with Crippen molar-refractivity contribution in [3.8, 4) is 21.8 Å². The van der Waals surface area contributed by atoms with Crippen molar-refractivity contribution in [3.05, 3.63) is 41.5 Å². The lowest BCUT2D eigenvalue weighted by molar-refractivity contribution is 0.437. The molecule has 0 aliphatic carbocycles. The summed E-state index contributed by atoms with van der Waals surface area (Å²) in [6, 6.07) is 5.85. The predicted octanol–water partition coefficient (Wildman–Crippen LogP) is 3.36. The molecular formula is C13H11N3OS. The van der Waals surface area contributed by atoms with E-state index >= 15 is 0 Å². The van der Waals surface area contributed by atoms with Crippen molar-refractivity contribution in [2.45, 2.75) is 6.92 Å². The minimum absolute atomic E-state index is 0.406. The van der Waals surface area contributed by atoms with Gasteiger partial charge < -0.3 is 10.3 Å². The zero-order valence-corrected chi connectivity index (χ0v) is 10.6. The number of nitrogens with two attached hydrogens (primary N) is 1. The van der Waals surface area contributed by atoms with E-state index in [-0.39, 0.29) is 0 Å². The highest BCUT2D eigenvalue weighted by Gasteiger charge is 2.19. The van der Waals surface area contributed by atoms with Crippen LogP contribution >= 0.6 is 11.3 Å². The fourth-order valence-corrected chi connectivity index (χ4v) is 2.77. The molecule has 0 saturated heterocycles. The number of hydrogen-bond donors (Lipinski definition) is 1. The lowest BCUT2D eigenvalue weighted by Gasteiger charge is -2.01. The highest BCUT2D eigenvalue weighted by Crippen LogP contribution is 2.39. The van der Waals surface area contributed by atoms with E-state index in [1.165, 1.54) is 0 Å². The molecule has 0 saturated carbocycles. The number of anilines is 1. The lowest BCUT2D eigenvalue weighted by Crippen LogP contribution is -1.88. The minimum atomic E-state index is 0.406. The van der Waals surface area contributed by atoms with E-state index in [1.807, 2.05) is 24.4 Å². The molecule has 0 spiro atoms. The summed E-state index contributed by atoms with van der Waals surface area (Å²) >= 11 is 1.62. The van der Waals surface area contributed by atoms with E-state index in [2.05, 4.69) is 16.2 Å². The maximum absolute atomic E-state index is 5.91. The molecule has 3 heterocycles. The predicted molar refractivity (Wildman–Crippen MR) is 72.2 cm³/mol. The number of pyridine rings is 1. The first kappa shape index (κ1) is 11.0. The summed E-state index contributed by atoms with van der Waals surface area (Å²) in [5.41, 5.74) is 8.87. The van der Waals surface area contributed by atoms with E-state index in [0.717, 1.165) is 27.3 Å². The van der Waals surface area contributed by atoms with Crippen LogP contribution in [0.4, 0.5) is 5.82 Å². The Morgan fingerprint density at radius 3 is 2.67 bits per heavy atom. The van der Waals surface area contributed by atoms with E-state index < -0.39 is 0 Å². The molecule has 0 unspecified atom stereocenters. The molecule has 4 nitrogen and oxygen atoms in total. The van der Waals surface area contributed by atoms with E-state index in [1.54, 1.807) is 23.7 Å². The zero-order valence-electron chi connectivity index (χ0n) is 9.75. The highest BCUT2D eigenvalue weighted by molar-refractivity contribution is 7.13. The quantitative estimate of drug-likeness (QED) is 0.764. The van der Waals surface area contributed by atoms with Crippen LogP contribution < -0.4 is 5.73 Å². The van der Waals surface area contributed by atoms with Gasteiger partial charge in [0.2, 0.25) is 0 Å². The third kappa shape index (κ3) is 1.69. The van der Waals surface area contributed by atoms with Crippen molar-refractivity contribution >= 4 is 17.2 Å². The maximum atomic E-state index is 5.91. The summed E-state index contributed by atoms with van der Waals surface area (Å²) in [5, 5.41) is 5.91. The molecule has 0 aliphatic heterocycles. The summed E-state index contributed by atoms with van der Waals surface area (Å²) < 4.78 is 5.39. The molecule has 0 fully saturated rings. The van der Waals surface area contributed by atoms with Crippen LogP contribution in [0.5, 0.6) is 0 Å². The van der Waals surface area contributed by atoms with Crippen molar-refractivity contribution in [2.75, 3.05) is 5.73 Å². The van der Waals surface area contributed by atoms with Gasteiger partial charge in [0.05, 0.1) is 10.4 Å². The van der Waals surface area contributed by atoms with Crippen LogP contribution in [0.2, 0.25) is 0 Å². The van der Waals surface area contributed by atoms with E-state index in [0.29, 0.717) is 5.82 Å². The van der Waals surface area contributed by atoms with Gasteiger partial charge in [-0.25, -0.2) is 0 Å². The first-order chi connectivity index (χ1) is 8.77. The smallest absolute Gasteiger partial charge is 0.187 e. The largest absolute Gasteiger partial charge is 0.380 e. The van der Waals surface area contributed by atoms with Crippen molar-refractivity contribution in [1.29, 1.82) is 0 Å². The number of rotatable bonds is 2. The molecule has 3 rings (SSSR count). The molecule has 18 heavy (non-hydrogen) atoms. The van der Waals surface area contributed by atoms with Gasteiger partial charge in [-0.1, -0.05) is 5.16 Å². The van der Waals surface area contributed by atoms with Gasteiger partial charge in [0.25, 0.3) is 0 Å². The van der Waals surface area contributed by atoms with Crippen molar-refractivity contribution in [3.63, 3.8) is 0 Å². The summed E-state index contributed by atoms with van der Waals surface area (Å²) in [4.78, 5) is 5.07. The number of aryl methyl sites for hydroxylation is 1. The normalized spacial score (nSPS) is 10.7. The molecular weight excluding hydrogens is 246 g/mol. The van der Waals surface area contributed by atoms with E-state index in [9.17, 15) is 0 Å². The molecule has 0 bridgehead atoms. The number of hydrogen-bond acceptors (Lipinski definition) is 5. The third-order valence-corrected chi connectivity index (χ3v) is 3.77. The Bertz CT molecular complexity index is 673. The molecule has 3 aromatic heterocycles. The Labute approximate surface area is 108 Å². The van der Waals surface area contributed by atoms with E-state index in [4.69, 9.17) is 10.3 Å². The third-order valence-electron chi connectivity index (χ3n) is 2.76. The molecule has 3 aromatic rings. The molecule has 5 heteroatoms. The van der Waals surface area contributed by atoms with Crippen LogP contribution in [-0.4, -0.2) is 10.1 Å². The lowest BCUT2D eigenvalue weighted by atomic mass is 10.1. The van der Waals surface area contributed by atoms with Crippen molar-refractivity contribution in [2.24, 2.45) is 0 Å². The average molecular weight is 257 g/mol. The fourth-order valence-electron chi connectivity index (χ4n) is 1.86. The number of aromatic nitrogens is 2. The molecule has 90 valence electrons. The van der Waals surface area contributed by atoms with Gasteiger partial charge in [0.15, 0.2) is 11.6 Å². The summed E-state index contributed by atoms with van der Waals surface area (Å²) in [5.74, 6) is 1.13. The standard InChI is InChI=1S/C13H11N3OS/c1-8-4-7-18-12(8)11-10(13(14)16-17-11)9-2-5-15-6-3-9/h2-7H,1H3,(H2,14,16). The first-order valence-corrected chi connectivity index (χ1v) is 6.35. The average Bonchev–Trinajstić information content (AvgIpc) is 2.96. The van der Waals surface area contributed by atoms with Crippen LogP contribution in [0.25, 0.3) is 21.8 Å². The first-order valence-electron chi connectivity index (χ1n) is 5.47. The van der Waals surface area contributed by atoms with Gasteiger partial charge in [-0.2, -0.15) is 0 Å². The van der Waals surface area contributed by atoms with Gasteiger partial charge in [0.1, 0.15) is 0 Å². The van der Waals surface area contributed by atoms with Crippen LogP contribution in [-0.2, 0) is 0 Å². The number of nitrogen functional groups attached to an aromatic ring is 1. The van der Waals surface area contributed by atoms with Crippen molar-refractivity contribution in [1.82, 2.24) is 10.1 Å².